The van der Waals surface area contributed by atoms with Crippen LogP contribution in [-0.2, 0) is 0 Å². The SMILES string of the molecule is Cc1ccc(C=Nc2ccc([N+](=O)[O-])cc2)n1-c1ccccc1. The maximum Gasteiger partial charge on any atom is 0.269 e. The Morgan fingerprint density at radius 2 is 1.70 bits per heavy atom. The number of rotatable bonds is 4. The standard InChI is InChI=1S/C18H15N3O2/c1-14-7-10-18(20(14)16-5-3-2-4-6-16)13-19-15-8-11-17(12-9-15)21(22)23/h2-13H,1H3. The van der Waals surface area contributed by atoms with E-state index < -0.39 is 4.92 Å². The number of nitro groups is 1. The van der Waals surface area contributed by atoms with E-state index in [0.29, 0.717) is 5.69 Å². The van der Waals surface area contributed by atoms with E-state index in [4.69, 9.17) is 0 Å². The molecule has 0 aliphatic heterocycles. The van der Waals surface area contributed by atoms with Crippen LogP contribution in [0, 0.1) is 17.0 Å². The minimum Gasteiger partial charge on any atom is -0.313 e. The van der Waals surface area contributed by atoms with E-state index in [0.717, 1.165) is 17.1 Å². The summed E-state index contributed by atoms with van der Waals surface area (Å²) in [6.07, 6.45) is 1.77. The summed E-state index contributed by atoms with van der Waals surface area (Å²) >= 11 is 0. The van der Waals surface area contributed by atoms with Crippen LogP contribution in [0.5, 0.6) is 0 Å². The van der Waals surface area contributed by atoms with Gasteiger partial charge in [0.25, 0.3) is 5.69 Å². The number of nitrogens with zero attached hydrogens (tertiary/aromatic N) is 3. The molecule has 0 saturated heterocycles. The predicted octanol–water partition coefficient (Wildman–Crippen LogP) is 4.44. The van der Waals surface area contributed by atoms with Gasteiger partial charge in [-0.15, -0.1) is 0 Å². The third kappa shape index (κ3) is 3.18. The van der Waals surface area contributed by atoms with Crippen LogP contribution in [0.3, 0.4) is 0 Å². The third-order valence-corrected chi connectivity index (χ3v) is 3.53. The minimum absolute atomic E-state index is 0.0625. The van der Waals surface area contributed by atoms with Crippen molar-refractivity contribution >= 4 is 17.6 Å². The van der Waals surface area contributed by atoms with E-state index in [9.17, 15) is 10.1 Å². The first-order valence-electron chi connectivity index (χ1n) is 7.17. The summed E-state index contributed by atoms with van der Waals surface area (Å²) in [4.78, 5) is 14.6. The molecule has 2 aromatic carbocycles. The Labute approximate surface area is 133 Å². The van der Waals surface area contributed by atoms with E-state index in [-0.39, 0.29) is 5.69 Å². The molecule has 3 aromatic rings. The number of aryl methyl sites for hydroxylation is 1. The average molecular weight is 305 g/mol. The summed E-state index contributed by atoms with van der Waals surface area (Å²) in [7, 11) is 0. The fourth-order valence-corrected chi connectivity index (χ4v) is 2.39. The van der Waals surface area contributed by atoms with Gasteiger partial charge in [0.1, 0.15) is 0 Å². The molecule has 114 valence electrons. The third-order valence-electron chi connectivity index (χ3n) is 3.53. The fourth-order valence-electron chi connectivity index (χ4n) is 2.39. The lowest BCUT2D eigenvalue weighted by Gasteiger charge is -2.08. The van der Waals surface area contributed by atoms with Crippen LogP contribution < -0.4 is 0 Å². The first-order chi connectivity index (χ1) is 11.1. The molecule has 0 atom stereocenters. The van der Waals surface area contributed by atoms with Crippen LogP contribution in [0.15, 0.2) is 71.7 Å². The lowest BCUT2D eigenvalue weighted by molar-refractivity contribution is -0.384. The van der Waals surface area contributed by atoms with Crippen LogP contribution >= 0.6 is 0 Å². The van der Waals surface area contributed by atoms with Gasteiger partial charge in [-0.05, 0) is 43.3 Å². The van der Waals surface area contributed by atoms with Crippen LogP contribution in [-0.4, -0.2) is 15.7 Å². The Balaban J connectivity index is 1.90. The van der Waals surface area contributed by atoms with Crippen molar-refractivity contribution in [1.82, 2.24) is 4.57 Å². The Kier molecular flexibility index (Phi) is 4.01. The van der Waals surface area contributed by atoms with Crippen LogP contribution in [0.4, 0.5) is 11.4 Å². The van der Waals surface area contributed by atoms with Crippen LogP contribution in [0.25, 0.3) is 5.69 Å². The summed E-state index contributed by atoms with van der Waals surface area (Å²) in [6, 6.07) is 20.2. The maximum atomic E-state index is 10.7. The molecule has 0 aliphatic rings. The van der Waals surface area contributed by atoms with Crippen molar-refractivity contribution in [1.29, 1.82) is 0 Å². The molecule has 23 heavy (non-hydrogen) atoms. The molecule has 1 aromatic heterocycles. The Morgan fingerprint density at radius 1 is 1.00 bits per heavy atom. The maximum absolute atomic E-state index is 10.7. The number of hydrogen-bond acceptors (Lipinski definition) is 3. The first kappa shape index (κ1) is 14.7. The molecule has 5 heteroatoms. The molecular formula is C18H15N3O2. The first-order valence-corrected chi connectivity index (χ1v) is 7.17. The Bertz CT molecular complexity index is 850. The molecule has 0 aliphatic carbocycles. The zero-order valence-electron chi connectivity index (χ0n) is 12.6. The largest absolute Gasteiger partial charge is 0.313 e. The number of para-hydroxylation sites is 1. The van der Waals surface area contributed by atoms with Crippen molar-refractivity contribution in [2.24, 2.45) is 4.99 Å². The van der Waals surface area contributed by atoms with Gasteiger partial charge in [-0.1, -0.05) is 18.2 Å². The molecule has 0 radical (unpaired) electrons. The highest BCUT2D eigenvalue weighted by Gasteiger charge is 2.06. The number of aliphatic imine (C=N–C) groups is 1. The number of hydrogen-bond donors (Lipinski definition) is 0. The predicted molar refractivity (Wildman–Crippen MR) is 90.9 cm³/mol. The number of non-ortho nitro benzene ring substituents is 1. The van der Waals surface area contributed by atoms with Crippen molar-refractivity contribution in [2.45, 2.75) is 6.92 Å². The van der Waals surface area contributed by atoms with Gasteiger partial charge in [0.05, 0.1) is 22.5 Å². The molecule has 0 fully saturated rings. The molecule has 1 heterocycles. The molecule has 0 spiro atoms. The van der Waals surface area contributed by atoms with E-state index in [1.807, 2.05) is 49.4 Å². The van der Waals surface area contributed by atoms with Gasteiger partial charge in [-0.2, -0.15) is 0 Å². The summed E-state index contributed by atoms with van der Waals surface area (Å²) in [6.45, 7) is 2.04. The zero-order valence-corrected chi connectivity index (χ0v) is 12.6. The van der Waals surface area contributed by atoms with Gasteiger partial charge in [-0.3, -0.25) is 15.1 Å². The van der Waals surface area contributed by atoms with Crippen molar-refractivity contribution < 1.29 is 4.92 Å². The van der Waals surface area contributed by atoms with Gasteiger partial charge < -0.3 is 4.57 Å². The average Bonchev–Trinajstić information content (AvgIpc) is 2.95. The lowest BCUT2D eigenvalue weighted by atomic mass is 10.3. The number of benzene rings is 2. The highest BCUT2D eigenvalue weighted by molar-refractivity contribution is 5.81. The van der Waals surface area contributed by atoms with E-state index in [2.05, 4.69) is 9.56 Å². The quantitative estimate of drug-likeness (QED) is 0.406. The fraction of sp³-hybridized carbons (Fsp3) is 0.0556. The molecule has 0 unspecified atom stereocenters. The summed E-state index contributed by atoms with van der Waals surface area (Å²) in [5.74, 6) is 0. The van der Waals surface area contributed by atoms with Crippen molar-refractivity contribution in [3.05, 3.63) is 88.2 Å². The van der Waals surface area contributed by atoms with Gasteiger partial charge in [0.15, 0.2) is 0 Å². The second-order valence-corrected chi connectivity index (χ2v) is 5.10. The van der Waals surface area contributed by atoms with Crippen molar-refractivity contribution in [2.75, 3.05) is 0 Å². The number of aromatic nitrogens is 1. The van der Waals surface area contributed by atoms with Gasteiger partial charge in [0, 0.05) is 23.5 Å². The lowest BCUT2D eigenvalue weighted by Crippen LogP contribution is -2.00. The van der Waals surface area contributed by atoms with Gasteiger partial charge in [-0.25, -0.2) is 0 Å². The molecule has 0 saturated carbocycles. The topological polar surface area (TPSA) is 60.4 Å². The second kappa shape index (κ2) is 6.27. The minimum atomic E-state index is -0.419. The van der Waals surface area contributed by atoms with Crippen LogP contribution in [0.2, 0.25) is 0 Å². The van der Waals surface area contributed by atoms with Crippen molar-refractivity contribution in [3.8, 4) is 5.69 Å². The van der Waals surface area contributed by atoms with E-state index in [1.54, 1.807) is 18.3 Å². The second-order valence-electron chi connectivity index (χ2n) is 5.10. The van der Waals surface area contributed by atoms with Gasteiger partial charge >= 0.3 is 0 Å². The Morgan fingerprint density at radius 3 is 2.35 bits per heavy atom. The smallest absolute Gasteiger partial charge is 0.269 e. The van der Waals surface area contributed by atoms with Gasteiger partial charge in [0.2, 0.25) is 0 Å². The van der Waals surface area contributed by atoms with E-state index in [1.165, 1.54) is 12.1 Å². The monoisotopic (exact) mass is 305 g/mol. The van der Waals surface area contributed by atoms with Crippen molar-refractivity contribution in [3.63, 3.8) is 0 Å². The Hall–Kier alpha value is -3.21. The molecule has 0 N–H and O–H groups in total. The zero-order chi connectivity index (χ0) is 16.2. The molecule has 5 nitrogen and oxygen atoms in total. The highest BCUT2D eigenvalue weighted by atomic mass is 16.6. The summed E-state index contributed by atoms with van der Waals surface area (Å²) in [5, 5.41) is 10.7. The summed E-state index contributed by atoms with van der Waals surface area (Å²) in [5.41, 5.74) is 3.87. The highest BCUT2D eigenvalue weighted by Crippen LogP contribution is 2.19. The molecule has 0 amide bonds. The van der Waals surface area contributed by atoms with Crippen LogP contribution in [0.1, 0.15) is 11.4 Å². The molecule has 3 rings (SSSR count). The normalized spacial score (nSPS) is 11.0. The number of nitro benzene ring substituents is 1. The molecule has 0 bridgehead atoms. The summed E-state index contributed by atoms with van der Waals surface area (Å²) < 4.78 is 2.11. The van der Waals surface area contributed by atoms with E-state index >= 15 is 0 Å². The molecular weight excluding hydrogens is 290 g/mol.